The van der Waals surface area contributed by atoms with E-state index in [0.29, 0.717) is 11.7 Å². The van der Waals surface area contributed by atoms with Crippen molar-refractivity contribution in [2.45, 2.75) is 77.5 Å². The van der Waals surface area contributed by atoms with Crippen LogP contribution in [0.5, 0.6) is 0 Å². The van der Waals surface area contributed by atoms with Gasteiger partial charge in [-0.25, -0.2) is 20.1 Å². The van der Waals surface area contributed by atoms with Gasteiger partial charge in [-0.05, 0) is 55.4 Å². The number of thiazole rings is 2. The first-order valence-electron chi connectivity index (χ1n) is 10.8. The molecule has 2 aromatic rings. The third-order valence-electron chi connectivity index (χ3n) is 6.47. The van der Waals surface area contributed by atoms with Gasteiger partial charge in [-0.15, -0.1) is 22.7 Å². The molecule has 0 saturated carbocycles. The van der Waals surface area contributed by atoms with Crippen LogP contribution in [0, 0.1) is 30.6 Å². The summed E-state index contributed by atoms with van der Waals surface area (Å²) in [5.74, 6) is 1.14. The van der Waals surface area contributed by atoms with Crippen LogP contribution >= 0.6 is 22.7 Å². The second-order valence-electron chi connectivity index (χ2n) is 9.85. The maximum absolute atomic E-state index is 10.1. The molecule has 0 atom stereocenters. The predicted octanol–water partition coefficient (Wildman–Crippen LogP) is 3.82. The Hall–Kier alpha value is -2.54. The molecule has 2 aliphatic rings. The van der Waals surface area contributed by atoms with E-state index in [9.17, 15) is 10.4 Å². The minimum absolute atomic E-state index is 0. The second-order valence-corrected chi connectivity index (χ2v) is 11.6. The topological polar surface area (TPSA) is 230 Å². The SMILES string of the molecule is CC1(C)N=C(c2nccs2)N(O)C1(C)C.CC1(C)N=C(c2nccs2)N(O)C1(C)C.O=[N+]([O-])[O-].O=[N+]([O-])[O-].[Hg+2]. The van der Waals surface area contributed by atoms with Crippen molar-refractivity contribution in [2.24, 2.45) is 9.98 Å². The molecule has 19 heteroatoms. The molecule has 39 heavy (non-hydrogen) atoms. The molecule has 2 aliphatic heterocycles. The zero-order valence-corrected chi connectivity index (χ0v) is 29.9. The predicted molar refractivity (Wildman–Crippen MR) is 142 cm³/mol. The summed E-state index contributed by atoms with van der Waals surface area (Å²) in [5, 5.41) is 57.4. The zero-order valence-electron chi connectivity index (χ0n) is 22.8. The standard InChI is InChI=1S/2C10H15N3OS.Hg.2NO3/c2*1-9(2)10(3,4)13(14)7(12-9)8-11-5-6-15-8;;2*2-1(3)4/h2*5-6,14H,1-4H3;;;/q;;+2;2*-1. The van der Waals surface area contributed by atoms with Crippen molar-refractivity contribution in [1.29, 1.82) is 0 Å². The normalized spacial score (nSPS) is 18.9. The van der Waals surface area contributed by atoms with Crippen LogP contribution in [0.1, 0.15) is 65.4 Å². The number of hydrogen-bond acceptors (Lipinski definition) is 16. The molecule has 0 amide bonds. The van der Waals surface area contributed by atoms with Gasteiger partial charge in [0.25, 0.3) is 0 Å². The Morgan fingerprint density at radius 1 is 0.692 bits per heavy atom. The van der Waals surface area contributed by atoms with Crippen molar-refractivity contribution in [3.8, 4) is 0 Å². The molecular formula is C20H30HgN8O8S2. The van der Waals surface area contributed by atoms with Crippen LogP contribution in [0.15, 0.2) is 33.1 Å². The number of hydrogen-bond donors (Lipinski definition) is 2. The van der Waals surface area contributed by atoms with Gasteiger partial charge in [0.1, 0.15) is 0 Å². The van der Waals surface area contributed by atoms with Crippen LogP contribution in [0.4, 0.5) is 0 Å². The fraction of sp³-hybridized carbons (Fsp3) is 0.600. The first kappa shape index (κ1) is 36.5. The Labute approximate surface area is 253 Å². The smallest absolute Gasteiger partial charge is 0.356 e. The number of amidine groups is 2. The summed E-state index contributed by atoms with van der Waals surface area (Å²) in [5.41, 5.74) is -1.45. The number of hydroxylamine groups is 4. The van der Waals surface area contributed by atoms with Gasteiger partial charge < -0.3 is 30.6 Å². The molecule has 0 aromatic carbocycles. The third kappa shape index (κ3) is 8.72. The minimum Gasteiger partial charge on any atom is -0.356 e. The van der Waals surface area contributed by atoms with E-state index in [-0.39, 0.29) is 38.7 Å². The average Bonchev–Trinajstić information content (AvgIpc) is 3.52. The second kappa shape index (κ2) is 13.7. The fourth-order valence-corrected chi connectivity index (χ4v) is 4.11. The summed E-state index contributed by atoms with van der Waals surface area (Å²) in [6.07, 6.45) is 3.43. The molecular weight excluding hydrogens is 745 g/mol. The summed E-state index contributed by atoms with van der Waals surface area (Å²) in [7, 11) is 0. The molecule has 2 aromatic heterocycles. The maximum atomic E-state index is 10.1. The van der Waals surface area contributed by atoms with Gasteiger partial charge in [0.2, 0.25) is 0 Å². The Morgan fingerprint density at radius 2 is 0.949 bits per heavy atom. The molecule has 212 valence electrons. The van der Waals surface area contributed by atoms with Crippen LogP contribution in [0.25, 0.3) is 0 Å². The number of nitrogens with zero attached hydrogens (tertiary/aromatic N) is 8. The fourth-order valence-electron chi connectivity index (χ4n) is 2.89. The Morgan fingerprint density at radius 3 is 1.10 bits per heavy atom. The number of aromatic nitrogens is 2. The third-order valence-corrected chi connectivity index (χ3v) is 8.01. The van der Waals surface area contributed by atoms with Gasteiger partial charge >= 0.3 is 27.7 Å². The van der Waals surface area contributed by atoms with E-state index in [1.54, 1.807) is 12.4 Å². The van der Waals surface area contributed by atoms with Crippen LogP contribution < -0.4 is 0 Å². The summed E-state index contributed by atoms with van der Waals surface area (Å²) in [6, 6.07) is 0. The van der Waals surface area contributed by atoms with Crippen molar-refractivity contribution in [2.75, 3.05) is 0 Å². The quantitative estimate of drug-likeness (QED) is 0.252. The van der Waals surface area contributed by atoms with Gasteiger partial charge in [-0.1, -0.05) is 0 Å². The van der Waals surface area contributed by atoms with Crippen LogP contribution in [0.3, 0.4) is 0 Å². The van der Waals surface area contributed by atoms with E-state index in [1.807, 2.05) is 66.2 Å². The molecule has 0 fully saturated rings. The van der Waals surface area contributed by atoms with E-state index < -0.39 is 21.3 Å². The van der Waals surface area contributed by atoms with Crippen LogP contribution in [-0.4, -0.2) is 74.5 Å². The monoisotopic (exact) mass is 776 g/mol. The largest absolute Gasteiger partial charge is 2.00 e. The molecule has 4 rings (SSSR count). The first-order valence-corrected chi connectivity index (χ1v) is 12.6. The van der Waals surface area contributed by atoms with E-state index in [4.69, 9.17) is 30.6 Å². The van der Waals surface area contributed by atoms with Gasteiger partial charge in [-0.2, -0.15) is 0 Å². The van der Waals surface area contributed by atoms with Gasteiger partial charge in [-0.3, -0.25) is 20.4 Å². The van der Waals surface area contributed by atoms with Gasteiger partial charge in [0.15, 0.2) is 21.7 Å². The number of rotatable bonds is 2. The van der Waals surface area contributed by atoms with Crippen molar-refractivity contribution < 1.29 is 48.3 Å². The summed E-state index contributed by atoms with van der Waals surface area (Å²) in [6.45, 7) is 15.9. The van der Waals surface area contributed by atoms with E-state index in [1.165, 1.54) is 32.8 Å². The Bertz CT molecular complexity index is 1060. The first-order chi connectivity index (χ1) is 17.2. The van der Waals surface area contributed by atoms with E-state index in [0.717, 1.165) is 10.0 Å². The van der Waals surface area contributed by atoms with Crippen molar-refractivity contribution in [3.63, 3.8) is 0 Å². The van der Waals surface area contributed by atoms with Crippen molar-refractivity contribution in [3.05, 3.63) is 63.8 Å². The number of aliphatic imine (C=N–C) groups is 2. The molecule has 0 saturated heterocycles. The minimum atomic E-state index is -1.75. The molecule has 0 aliphatic carbocycles. The van der Waals surface area contributed by atoms with E-state index in [2.05, 4.69) is 20.0 Å². The zero-order chi connectivity index (χ0) is 29.7. The molecule has 0 spiro atoms. The van der Waals surface area contributed by atoms with Crippen molar-refractivity contribution >= 4 is 34.3 Å². The summed E-state index contributed by atoms with van der Waals surface area (Å²) in [4.78, 5) is 33.9. The molecule has 0 radical (unpaired) electrons. The molecule has 16 nitrogen and oxygen atoms in total. The van der Waals surface area contributed by atoms with Gasteiger partial charge in [0.05, 0.1) is 32.3 Å². The van der Waals surface area contributed by atoms with Crippen LogP contribution in [-0.2, 0) is 27.7 Å². The van der Waals surface area contributed by atoms with Gasteiger partial charge in [0, 0.05) is 23.2 Å². The molecule has 2 N–H and O–H groups in total. The summed E-state index contributed by atoms with van der Waals surface area (Å²) < 4.78 is 0. The Balaban J connectivity index is 0.000000572. The molecule has 0 unspecified atom stereocenters. The van der Waals surface area contributed by atoms with Crippen molar-refractivity contribution in [1.82, 2.24) is 20.1 Å². The molecule has 4 heterocycles. The maximum Gasteiger partial charge on any atom is 2.00 e. The van der Waals surface area contributed by atoms with E-state index >= 15 is 0 Å². The molecule has 0 bridgehead atoms. The summed E-state index contributed by atoms with van der Waals surface area (Å²) >= 11 is 2.96. The van der Waals surface area contributed by atoms with Crippen LogP contribution in [0.2, 0.25) is 0 Å². The Kier molecular flexibility index (Phi) is 12.8. The average molecular weight is 775 g/mol.